The summed E-state index contributed by atoms with van der Waals surface area (Å²) in [6.07, 6.45) is 2.21. The third-order valence-electron chi connectivity index (χ3n) is 2.64. The van der Waals surface area contributed by atoms with Crippen molar-refractivity contribution in [3.63, 3.8) is 0 Å². The SMILES string of the molecule is CC(C)N1Cc2c(ccnc2C=O)C1=O. The minimum atomic E-state index is -0.00880. The van der Waals surface area contributed by atoms with Crippen molar-refractivity contribution in [1.82, 2.24) is 9.88 Å². The molecule has 1 aliphatic rings. The van der Waals surface area contributed by atoms with E-state index in [4.69, 9.17) is 0 Å². The Morgan fingerprint density at radius 2 is 2.27 bits per heavy atom. The molecule has 0 fully saturated rings. The number of aldehydes is 1. The van der Waals surface area contributed by atoms with Gasteiger partial charge < -0.3 is 4.90 Å². The van der Waals surface area contributed by atoms with E-state index in [0.717, 1.165) is 5.56 Å². The molecule has 0 unspecified atom stereocenters. The standard InChI is InChI=1S/C11H12N2O2/c1-7(2)13-5-9-8(11(13)15)3-4-12-10(9)6-14/h3-4,6-7H,5H2,1-2H3. The van der Waals surface area contributed by atoms with E-state index in [2.05, 4.69) is 4.98 Å². The molecular weight excluding hydrogens is 192 g/mol. The van der Waals surface area contributed by atoms with Gasteiger partial charge in [-0.2, -0.15) is 0 Å². The molecule has 1 aliphatic heterocycles. The van der Waals surface area contributed by atoms with E-state index >= 15 is 0 Å². The van der Waals surface area contributed by atoms with E-state index in [-0.39, 0.29) is 11.9 Å². The van der Waals surface area contributed by atoms with Crippen LogP contribution in [-0.2, 0) is 6.54 Å². The highest BCUT2D eigenvalue weighted by Crippen LogP contribution is 2.25. The van der Waals surface area contributed by atoms with Crippen molar-refractivity contribution in [3.8, 4) is 0 Å². The summed E-state index contributed by atoms with van der Waals surface area (Å²) in [6, 6.07) is 1.82. The second-order valence-corrected chi connectivity index (χ2v) is 3.87. The fourth-order valence-electron chi connectivity index (χ4n) is 1.79. The van der Waals surface area contributed by atoms with Crippen LogP contribution >= 0.6 is 0 Å². The molecule has 0 atom stereocenters. The van der Waals surface area contributed by atoms with Crippen LogP contribution < -0.4 is 0 Å². The second kappa shape index (κ2) is 3.46. The van der Waals surface area contributed by atoms with Gasteiger partial charge in [0.15, 0.2) is 6.29 Å². The monoisotopic (exact) mass is 204 g/mol. The lowest BCUT2D eigenvalue weighted by Gasteiger charge is -2.19. The van der Waals surface area contributed by atoms with Gasteiger partial charge in [0.25, 0.3) is 5.91 Å². The maximum atomic E-state index is 11.9. The third kappa shape index (κ3) is 1.42. The molecule has 0 saturated heterocycles. The van der Waals surface area contributed by atoms with Gasteiger partial charge in [-0.1, -0.05) is 0 Å². The summed E-state index contributed by atoms with van der Waals surface area (Å²) in [7, 11) is 0. The van der Waals surface area contributed by atoms with Gasteiger partial charge >= 0.3 is 0 Å². The van der Waals surface area contributed by atoms with Crippen LogP contribution in [0, 0.1) is 0 Å². The van der Waals surface area contributed by atoms with Crippen molar-refractivity contribution in [1.29, 1.82) is 0 Å². The molecule has 15 heavy (non-hydrogen) atoms. The van der Waals surface area contributed by atoms with Crippen molar-refractivity contribution in [2.45, 2.75) is 26.4 Å². The van der Waals surface area contributed by atoms with E-state index in [1.807, 2.05) is 13.8 Å². The zero-order valence-corrected chi connectivity index (χ0v) is 8.73. The predicted molar refractivity (Wildman–Crippen MR) is 54.6 cm³/mol. The first kappa shape index (κ1) is 9.83. The summed E-state index contributed by atoms with van der Waals surface area (Å²) in [4.78, 5) is 28.3. The average molecular weight is 204 g/mol. The number of fused-ring (bicyclic) bond motifs is 1. The number of nitrogens with zero attached hydrogens (tertiary/aromatic N) is 2. The normalized spacial score (nSPS) is 14.6. The quantitative estimate of drug-likeness (QED) is 0.681. The molecule has 0 radical (unpaired) electrons. The first-order valence-corrected chi connectivity index (χ1v) is 4.89. The van der Waals surface area contributed by atoms with E-state index in [0.29, 0.717) is 24.1 Å². The van der Waals surface area contributed by atoms with Crippen molar-refractivity contribution < 1.29 is 9.59 Å². The molecular formula is C11H12N2O2. The molecule has 0 aliphatic carbocycles. The highest BCUT2D eigenvalue weighted by Gasteiger charge is 2.30. The lowest BCUT2D eigenvalue weighted by molar-refractivity contribution is 0.0730. The van der Waals surface area contributed by atoms with E-state index in [9.17, 15) is 9.59 Å². The van der Waals surface area contributed by atoms with E-state index in [1.165, 1.54) is 6.20 Å². The van der Waals surface area contributed by atoms with Gasteiger partial charge in [-0.15, -0.1) is 0 Å². The van der Waals surface area contributed by atoms with Gasteiger partial charge in [-0.05, 0) is 19.9 Å². The van der Waals surface area contributed by atoms with Gasteiger partial charge in [-0.25, -0.2) is 0 Å². The number of carbonyl (C=O) groups excluding carboxylic acids is 2. The predicted octanol–water partition coefficient (Wildman–Crippen LogP) is 1.26. The molecule has 4 nitrogen and oxygen atoms in total. The maximum Gasteiger partial charge on any atom is 0.254 e. The number of aromatic nitrogens is 1. The van der Waals surface area contributed by atoms with Gasteiger partial charge in [-0.3, -0.25) is 14.6 Å². The first-order chi connectivity index (χ1) is 7.15. The molecule has 1 aromatic rings. The molecule has 0 aromatic carbocycles. The fourth-order valence-corrected chi connectivity index (χ4v) is 1.79. The smallest absolute Gasteiger partial charge is 0.254 e. The van der Waals surface area contributed by atoms with Crippen molar-refractivity contribution in [2.75, 3.05) is 0 Å². The van der Waals surface area contributed by atoms with Crippen LogP contribution in [0.1, 0.15) is 40.3 Å². The van der Waals surface area contributed by atoms with Crippen LogP contribution in [0.15, 0.2) is 12.3 Å². The van der Waals surface area contributed by atoms with Gasteiger partial charge in [0, 0.05) is 29.9 Å². The minimum absolute atomic E-state index is 0.00880. The number of carbonyl (C=O) groups is 2. The summed E-state index contributed by atoms with van der Waals surface area (Å²) in [5, 5.41) is 0. The Labute approximate surface area is 87.9 Å². The Kier molecular flexibility index (Phi) is 2.26. The summed E-state index contributed by atoms with van der Waals surface area (Å²) in [6.45, 7) is 4.41. The van der Waals surface area contributed by atoms with Crippen LogP contribution in [0.25, 0.3) is 0 Å². The highest BCUT2D eigenvalue weighted by atomic mass is 16.2. The van der Waals surface area contributed by atoms with E-state index < -0.39 is 0 Å². The lowest BCUT2D eigenvalue weighted by Crippen LogP contribution is -2.30. The van der Waals surface area contributed by atoms with Crippen molar-refractivity contribution in [2.24, 2.45) is 0 Å². The molecule has 0 saturated carbocycles. The molecule has 1 amide bonds. The van der Waals surface area contributed by atoms with Crippen LogP contribution in [0.2, 0.25) is 0 Å². The molecule has 0 bridgehead atoms. The number of pyridine rings is 1. The summed E-state index contributed by atoms with van der Waals surface area (Å²) >= 11 is 0. The maximum absolute atomic E-state index is 11.9. The summed E-state index contributed by atoms with van der Waals surface area (Å²) < 4.78 is 0. The molecule has 4 heteroatoms. The topological polar surface area (TPSA) is 50.3 Å². The molecule has 1 aromatic heterocycles. The van der Waals surface area contributed by atoms with Gasteiger partial charge in [0.1, 0.15) is 5.69 Å². The molecule has 0 N–H and O–H groups in total. The zero-order chi connectivity index (χ0) is 11.0. The Morgan fingerprint density at radius 1 is 1.53 bits per heavy atom. The third-order valence-corrected chi connectivity index (χ3v) is 2.64. The zero-order valence-electron chi connectivity index (χ0n) is 8.73. The van der Waals surface area contributed by atoms with Crippen molar-refractivity contribution in [3.05, 3.63) is 29.1 Å². The number of hydrogen-bond donors (Lipinski definition) is 0. The van der Waals surface area contributed by atoms with Crippen LogP contribution in [-0.4, -0.2) is 28.1 Å². The molecule has 2 rings (SSSR count). The average Bonchev–Trinajstić information content (AvgIpc) is 2.56. The van der Waals surface area contributed by atoms with Gasteiger partial charge in [0.2, 0.25) is 0 Å². The molecule has 0 spiro atoms. The summed E-state index contributed by atoms with van der Waals surface area (Å²) in [5.74, 6) is -0.00880. The molecule has 78 valence electrons. The largest absolute Gasteiger partial charge is 0.332 e. The lowest BCUT2D eigenvalue weighted by atomic mass is 10.1. The minimum Gasteiger partial charge on any atom is -0.332 e. The number of rotatable bonds is 2. The summed E-state index contributed by atoms with van der Waals surface area (Å²) in [5.41, 5.74) is 1.75. The Hall–Kier alpha value is -1.71. The fraction of sp³-hybridized carbons (Fsp3) is 0.364. The first-order valence-electron chi connectivity index (χ1n) is 4.89. The van der Waals surface area contributed by atoms with Crippen LogP contribution in [0.5, 0.6) is 0 Å². The number of amides is 1. The Balaban J connectivity index is 2.49. The second-order valence-electron chi connectivity index (χ2n) is 3.87. The van der Waals surface area contributed by atoms with Crippen molar-refractivity contribution >= 4 is 12.2 Å². The highest BCUT2D eigenvalue weighted by molar-refractivity contribution is 6.00. The Morgan fingerprint density at radius 3 is 2.87 bits per heavy atom. The number of hydrogen-bond acceptors (Lipinski definition) is 3. The molecule has 2 heterocycles. The van der Waals surface area contributed by atoms with Gasteiger partial charge in [0.05, 0.1) is 0 Å². The Bertz CT molecular complexity index is 427. The van der Waals surface area contributed by atoms with Crippen LogP contribution in [0.3, 0.4) is 0 Å². The van der Waals surface area contributed by atoms with E-state index in [1.54, 1.807) is 11.0 Å². The van der Waals surface area contributed by atoms with Crippen LogP contribution in [0.4, 0.5) is 0 Å².